The molecule has 0 unspecified atom stereocenters. The quantitative estimate of drug-likeness (QED) is 0.715. The van der Waals surface area contributed by atoms with Gasteiger partial charge in [-0.25, -0.2) is 0 Å². The molecule has 0 aliphatic rings. The number of rotatable bonds is 9. The summed E-state index contributed by atoms with van der Waals surface area (Å²) in [6, 6.07) is 5.15. The van der Waals surface area contributed by atoms with E-state index in [2.05, 4.69) is 5.32 Å². The molecule has 5 nitrogen and oxygen atoms in total. The molecule has 0 fully saturated rings. The number of nitrogens with one attached hydrogen (secondary N) is 1. The van der Waals surface area contributed by atoms with E-state index >= 15 is 0 Å². The Morgan fingerprint density at radius 1 is 1.41 bits per heavy atom. The first-order valence-electron chi connectivity index (χ1n) is 6.94. The van der Waals surface area contributed by atoms with Crippen LogP contribution >= 0.6 is 24.2 Å². The molecule has 1 aromatic carbocycles. The predicted molar refractivity (Wildman–Crippen MR) is 94.2 cm³/mol. The van der Waals surface area contributed by atoms with Crippen LogP contribution in [0.1, 0.15) is 18.9 Å². The molecular formula is C15H25ClN2O3S. The van der Waals surface area contributed by atoms with Gasteiger partial charge in [0.15, 0.2) is 11.5 Å². The van der Waals surface area contributed by atoms with Gasteiger partial charge >= 0.3 is 0 Å². The summed E-state index contributed by atoms with van der Waals surface area (Å²) in [5.74, 6) is 2.12. The minimum atomic E-state index is -0.456. The molecule has 0 radical (unpaired) electrons. The van der Waals surface area contributed by atoms with E-state index < -0.39 is 6.04 Å². The van der Waals surface area contributed by atoms with Crippen molar-refractivity contribution in [1.29, 1.82) is 0 Å². The Balaban J connectivity index is 0.00000441. The number of halogens is 1. The summed E-state index contributed by atoms with van der Waals surface area (Å²) in [6.45, 7) is 2.93. The third-order valence-electron chi connectivity index (χ3n) is 2.96. The summed E-state index contributed by atoms with van der Waals surface area (Å²) in [4.78, 5) is 11.8. The van der Waals surface area contributed by atoms with Crippen molar-refractivity contribution in [2.75, 3.05) is 25.7 Å². The topological polar surface area (TPSA) is 73.6 Å². The zero-order chi connectivity index (χ0) is 15.7. The van der Waals surface area contributed by atoms with Crippen LogP contribution in [0.3, 0.4) is 0 Å². The Morgan fingerprint density at radius 2 is 2.14 bits per heavy atom. The van der Waals surface area contributed by atoms with Gasteiger partial charge < -0.3 is 20.5 Å². The zero-order valence-corrected chi connectivity index (χ0v) is 14.9. The molecule has 0 aliphatic carbocycles. The van der Waals surface area contributed by atoms with Crippen molar-refractivity contribution < 1.29 is 14.3 Å². The summed E-state index contributed by atoms with van der Waals surface area (Å²) < 4.78 is 10.7. The number of carbonyl (C=O) groups excluding carboxylic acids is 1. The molecule has 7 heteroatoms. The Hall–Kier alpha value is -1.11. The normalized spacial score (nSPS) is 11.3. The average molecular weight is 349 g/mol. The highest BCUT2D eigenvalue weighted by molar-refractivity contribution is 7.98. The summed E-state index contributed by atoms with van der Waals surface area (Å²) in [6.07, 6.45) is 2.68. The Kier molecular flexibility index (Phi) is 10.9. The third-order valence-corrected chi connectivity index (χ3v) is 3.61. The second-order valence-electron chi connectivity index (χ2n) is 4.52. The first-order valence-corrected chi connectivity index (χ1v) is 8.33. The number of thioether (sulfide) groups is 1. The van der Waals surface area contributed by atoms with Crippen LogP contribution in [0.15, 0.2) is 18.2 Å². The highest BCUT2D eigenvalue weighted by atomic mass is 35.5. The van der Waals surface area contributed by atoms with Gasteiger partial charge in [0.2, 0.25) is 5.91 Å². The molecule has 0 aromatic heterocycles. The van der Waals surface area contributed by atoms with Crippen molar-refractivity contribution in [1.82, 2.24) is 5.32 Å². The largest absolute Gasteiger partial charge is 0.493 e. The van der Waals surface area contributed by atoms with Gasteiger partial charge in [-0.1, -0.05) is 6.07 Å². The third kappa shape index (κ3) is 6.77. The molecule has 0 saturated heterocycles. The van der Waals surface area contributed by atoms with Crippen molar-refractivity contribution in [2.24, 2.45) is 5.73 Å². The van der Waals surface area contributed by atoms with Crippen LogP contribution in [-0.2, 0) is 11.3 Å². The highest BCUT2D eigenvalue weighted by Crippen LogP contribution is 2.27. The molecule has 3 N–H and O–H groups in total. The van der Waals surface area contributed by atoms with Crippen LogP contribution in [0.2, 0.25) is 0 Å². The van der Waals surface area contributed by atoms with Gasteiger partial charge in [-0.3, -0.25) is 4.79 Å². The van der Waals surface area contributed by atoms with Gasteiger partial charge in [-0.05, 0) is 43.0 Å². The molecule has 1 atom stereocenters. The summed E-state index contributed by atoms with van der Waals surface area (Å²) in [7, 11) is 1.60. The van der Waals surface area contributed by atoms with Crippen molar-refractivity contribution >= 4 is 30.1 Å². The van der Waals surface area contributed by atoms with Crippen molar-refractivity contribution in [2.45, 2.75) is 25.9 Å². The van der Waals surface area contributed by atoms with Crippen LogP contribution < -0.4 is 20.5 Å². The minimum Gasteiger partial charge on any atom is -0.493 e. The van der Waals surface area contributed by atoms with Gasteiger partial charge in [0.1, 0.15) is 0 Å². The van der Waals surface area contributed by atoms with Crippen LogP contribution in [0.4, 0.5) is 0 Å². The SMILES string of the molecule is CCOc1ccc(CNC(=O)[C@@H](N)CCSC)cc1OC.Cl. The Bertz CT molecular complexity index is 460. The molecule has 1 rings (SSSR count). The van der Waals surface area contributed by atoms with E-state index in [1.165, 1.54) is 0 Å². The maximum Gasteiger partial charge on any atom is 0.237 e. The van der Waals surface area contributed by atoms with E-state index in [0.717, 1.165) is 11.3 Å². The van der Waals surface area contributed by atoms with Gasteiger partial charge in [0.05, 0.1) is 19.8 Å². The van der Waals surface area contributed by atoms with Crippen LogP contribution in [0.5, 0.6) is 11.5 Å². The molecule has 0 bridgehead atoms. The summed E-state index contributed by atoms with van der Waals surface area (Å²) in [5.41, 5.74) is 6.76. The molecule has 0 heterocycles. The van der Waals surface area contributed by atoms with Gasteiger partial charge in [0, 0.05) is 6.54 Å². The molecule has 0 spiro atoms. The maximum absolute atomic E-state index is 11.8. The number of ether oxygens (including phenoxy) is 2. The van der Waals surface area contributed by atoms with E-state index in [0.29, 0.717) is 31.1 Å². The summed E-state index contributed by atoms with van der Waals surface area (Å²) >= 11 is 1.68. The lowest BCUT2D eigenvalue weighted by atomic mass is 10.2. The van der Waals surface area contributed by atoms with Crippen molar-refractivity contribution in [3.8, 4) is 11.5 Å². The Morgan fingerprint density at radius 3 is 2.73 bits per heavy atom. The predicted octanol–water partition coefficient (Wildman–Crippen LogP) is 2.21. The van der Waals surface area contributed by atoms with E-state index in [1.807, 2.05) is 31.4 Å². The number of nitrogens with two attached hydrogens (primary N) is 1. The lowest BCUT2D eigenvalue weighted by molar-refractivity contribution is -0.122. The lowest BCUT2D eigenvalue weighted by Gasteiger charge is -2.13. The monoisotopic (exact) mass is 348 g/mol. The lowest BCUT2D eigenvalue weighted by Crippen LogP contribution is -2.40. The smallest absolute Gasteiger partial charge is 0.237 e. The second kappa shape index (κ2) is 11.5. The fraction of sp³-hybridized carbons (Fsp3) is 0.533. The fourth-order valence-corrected chi connectivity index (χ4v) is 2.28. The van der Waals surface area contributed by atoms with Crippen LogP contribution in [-0.4, -0.2) is 37.7 Å². The number of benzene rings is 1. The first kappa shape index (κ1) is 20.9. The number of hydrogen-bond acceptors (Lipinski definition) is 5. The summed E-state index contributed by atoms with van der Waals surface area (Å²) in [5, 5.41) is 2.84. The van der Waals surface area contributed by atoms with Gasteiger partial charge in [-0.2, -0.15) is 11.8 Å². The van der Waals surface area contributed by atoms with Crippen molar-refractivity contribution in [3.05, 3.63) is 23.8 Å². The standard InChI is InChI=1S/C15H24N2O3S.ClH/c1-4-20-13-6-5-11(9-14(13)19-2)10-17-15(18)12(16)7-8-21-3;/h5-6,9,12H,4,7-8,10,16H2,1-3H3,(H,17,18);1H/t12-;/m0./s1. The zero-order valence-electron chi connectivity index (χ0n) is 13.3. The van der Waals surface area contributed by atoms with Crippen LogP contribution in [0, 0.1) is 0 Å². The number of amides is 1. The van der Waals surface area contributed by atoms with E-state index in [9.17, 15) is 4.79 Å². The number of hydrogen-bond donors (Lipinski definition) is 2. The van der Waals surface area contributed by atoms with Crippen molar-refractivity contribution in [3.63, 3.8) is 0 Å². The first-order chi connectivity index (χ1) is 10.1. The average Bonchev–Trinajstić information content (AvgIpc) is 2.51. The van der Waals surface area contributed by atoms with E-state index in [-0.39, 0.29) is 18.3 Å². The molecule has 1 aromatic rings. The molecule has 1 amide bonds. The van der Waals surface area contributed by atoms with Crippen LogP contribution in [0.25, 0.3) is 0 Å². The molecule has 126 valence electrons. The van der Waals surface area contributed by atoms with E-state index in [4.69, 9.17) is 15.2 Å². The van der Waals surface area contributed by atoms with Gasteiger partial charge in [0.25, 0.3) is 0 Å². The Labute approximate surface area is 142 Å². The number of carbonyl (C=O) groups is 1. The molecule has 0 saturated carbocycles. The molecule has 0 aliphatic heterocycles. The number of methoxy groups -OCH3 is 1. The maximum atomic E-state index is 11.8. The second-order valence-corrected chi connectivity index (χ2v) is 5.51. The molecular weight excluding hydrogens is 324 g/mol. The molecule has 22 heavy (non-hydrogen) atoms. The highest BCUT2D eigenvalue weighted by Gasteiger charge is 2.13. The van der Waals surface area contributed by atoms with E-state index in [1.54, 1.807) is 18.9 Å². The van der Waals surface area contributed by atoms with Gasteiger partial charge in [-0.15, -0.1) is 12.4 Å². The minimum absolute atomic E-state index is 0. The fourth-order valence-electron chi connectivity index (χ4n) is 1.79.